The van der Waals surface area contributed by atoms with E-state index in [2.05, 4.69) is 14.8 Å². The molecule has 0 bridgehead atoms. The van der Waals surface area contributed by atoms with E-state index in [1.54, 1.807) is 7.11 Å². The molecule has 15 heavy (non-hydrogen) atoms. The maximum absolute atomic E-state index is 6.07. The molecule has 0 radical (unpaired) electrons. The normalized spacial score (nSPS) is 16.7. The summed E-state index contributed by atoms with van der Waals surface area (Å²) in [5.41, 5.74) is 6.07. The van der Waals surface area contributed by atoms with Crippen LogP contribution in [-0.2, 0) is 17.7 Å². The first-order valence-corrected chi connectivity index (χ1v) is 5.49. The first-order valence-electron chi connectivity index (χ1n) is 5.49. The summed E-state index contributed by atoms with van der Waals surface area (Å²) >= 11 is 0. The van der Waals surface area contributed by atoms with E-state index in [0.717, 1.165) is 44.1 Å². The third kappa shape index (κ3) is 2.18. The second-order valence-electron chi connectivity index (χ2n) is 3.97. The Morgan fingerprint density at radius 2 is 2.40 bits per heavy atom. The lowest BCUT2D eigenvalue weighted by atomic mass is 10.1. The summed E-state index contributed by atoms with van der Waals surface area (Å²) in [4.78, 5) is 0. The van der Waals surface area contributed by atoms with Crippen LogP contribution in [0.5, 0.6) is 0 Å². The van der Waals surface area contributed by atoms with E-state index in [1.807, 2.05) is 0 Å². The second kappa shape index (κ2) is 4.72. The zero-order valence-corrected chi connectivity index (χ0v) is 9.15. The molecule has 1 unspecified atom stereocenters. The minimum Gasteiger partial charge on any atom is -0.385 e. The van der Waals surface area contributed by atoms with Gasteiger partial charge in [-0.2, -0.15) is 0 Å². The minimum absolute atomic E-state index is 0.000463. The molecule has 0 fully saturated rings. The van der Waals surface area contributed by atoms with Crippen molar-refractivity contribution in [1.29, 1.82) is 0 Å². The summed E-state index contributed by atoms with van der Waals surface area (Å²) in [7, 11) is 1.71. The summed E-state index contributed by atoms with van der Waals surface area (Å²) in [6.07, 6.45) is 4.09. The Bertz CT molecular complexity index is 323. The summed E-state index contributed by atoms with van der Waals surface area (Å²) in [5.74, 6) is 2.03. The fourth-order valence-electron chi connectivity index (χ4n) is 2.02. The fraction of sp³-hybridized carbons (Fsp3) is 0.800. The predicted octanol–water partition coefficient (Wildman–Crippen LogP) is 0.651. The molecule has 1 aliphatic rings. The highest BCUT2D eigenvalue weighted by atomic mass is 16.5. The van der Waals surface area contributed by atoms with E-state index >= 15 is 0 Å². The quantitative estimate of drug-likeness (QED) is 0.725. The van der Waals surface area contributed by atoms with E-state index in [0.29, 0.717) is 0 Å². The minimum atomic E-state index is -0.000463. The van der Waals surface area contributed by atoms with Crippen molar-refractivity contribution in [2.45, 2.75) is 38.3 Å². The van der Waals surface area contributed by atoms with Gasteiger partial charge in [-0.3, -0.25) is 0 Å². The van der Waals surface area contributed by atoms with E-state index in [4.69, 9.17) is 10.5 Å². The molecule has 0 aliphatic carbocycles. The summed E-state index contributed by atoms with van der Waals surface area (Å²) in [6, 6.07) is -0.000463. The number of nitrogens with zero attached hydrogens (tertiary/aromatic N) is 3. The van der Waals surface area contributed by atoms with Gasteiger partial charge in [0.2, 0.25) is 0 Å². The number of nitrogens with two attached hydrogens (primary N) is 1. The molecule has 2 rings (SSSR count). The van der Waals surface area contributed by atoms with Gasteiger partial charge in [0, 0.05) is 26.7 Å². The second-order valence-corrected chi connectivity index (χ2v) is 3.97. The first kappa shape index (κ1) is 10.6. The van der Waals surface area contributed by atoms with Crippen LogP contribution in [-0.4, -0.2) is 28.5 Å². The molecule has 0 spiro atoms. The maximum Gasteiger partial charge on any atom is 0.149 e. The van der Waals surface area contributed by atoms with Crippen molar-refractivity contribution in [3.8, 4) is 0 Å². The Morgan fingerprint density at radius 1 is 1.53 bits per heavy atom. The lowest BCUT2D eigenvalue weighted by Gasteiger charge is -2.11. The van der Waals surface area contributed by atoms with Crippen LogP contribution in [0.1, 0.15) is 37.0 Å². The van der Waals surface area contributed by atoms with Gasteiger partial charge in [0.05, 0.1) is 6.04 Å². The molecule has 0 saturated heterocycles. The van der Waals surface area contributed by atoms with Crippen LogP contribution in [0.25, 0.3) is 0 Å². The average Bonchev–Trinajstić information content (AvgIpc) is 2.78. The molecule has 5 heteroatoms. The molecule has 5 nitrogen and oxygen atoms in total. The van der Waals surface area contributed by atoms with Gasteiger partial charge < -0.3 is 15.0 Å². The van der Waals surface area contributed by atoms with Gasteiger partial charge in [0.1, 0.15) is 11.6 Å². The molecular weight excluding hydrogens is 192 g/mol. The van der Waals surface area contributed by atoms with Crippen LogP contribution in [0, 0.1) is 0 Å². The van der Waals surface area contributed by atoms with Crippen molar-refractivity contribution < 1.29 is 4.74 Å². The first-order chi connectivity index (χ1) is 7.33. The highest BCUT2D eigenvalue weighted by Gasteiger charge is 2.21. The Kier molecular flexibility index (Phi) is 3.33. The smallest absolute Gasteiger partial charge is 0.149 e. The number of ether oxygens (including phenoxy) is 1. The van der Waals surface area contributed by atoms with Crippen LogP contribution in [0.2, 0.25) is 0 Å². The Labute approximate surface area is 89.6 Å². The number of hydrogen-bond acceptors (Lipinski definition) is 4. The average molecular weight is 210 g/mol. The van der Waals surface area contributed by atoms with Crippen molar-refractivity contribution in [1.82, 2.24) is 14.8 Å². The highest BCUT2D eigenvalue weighted by Crippen LogP contribution is 2.20. The standard InChI is InChI=1S/C10H18N4O/c1-15-7-3-4-8(11)10-13-12-9-5-2-6-14(9)10/h8H,2-7,11H2,1H3. The summed E-state index contributed by atoms with van der Waals surface area (Å²) in [5, 5.41) is 8.31. The van der Waals surface area contributed by atoms with E-state index in [-0.39, 0.29) is 6.04 Å². The van der Waals surface area contributed by atoms with Gasteiger partial charge in [-0.15, -0.1) is 10.2 Å². The molecule has 0 saturated carbocycles. The Balaban J connectivity index is 1.96. The van der Waals surface area contributed by atoms with E-state index in [9.17, 15) is 0 Å². The number of aryl methyl sites for hydroxylation is 1. The van der Waals surface area contributed by atoms with Gasteiger partial charge in [0.25, 0.3) is 0 Å². The number of fused-ring (bicyclic) bond motifs is 1. The van der Waals surface area contributed by atoms with Crippen LogP contribution < -0.4 is 5.73 Å². The summed E-state index contributed by atoms with van der Waals surface area (Å²) in [6.45, 7) is 1.78. The van der Waals surface area contributed by atoms with Gasteiger partial charge in [-0.05, 0) is 19.3 Å². The third-order valence-corrected chi connectivity index (χ3v) is 2.83. The van der Waals surface area contributed by atoms with Crippen molar-refractivity contribution in [2.24, 2.45) is 5.73 Å². The molecule has 1 atom stereocenters. The third-order valence-electron chi connectivity index (χ3n) is 2.83. The zero-order chi connectivity index (χ0) is 10.7. The summed E-state index contributed by atoms with van der Waals surface area (Å²) < 4.78 is 7.17. The van der Waals surface area contributed by atoms with Gasteiger partial charge in [0.15, 0.2) is 0 Å². The van der Waals surface area contributed by atoms with Crippen LogP contribution in [0.15, 0.2) is 0 Å². The fourth-order valence-corrected chi connectivity index (χ4v) is 2.02. The highest BCUT2D eigenvalue weighted by molar-refractivity contribution is 5.04. The Hall–Kier alpha value is -0.940. The van der Waals surface area contributed by atoms with Gasteiger partial charge >= 0.3 is 0 Å². The molecule has 1 aromatic heterocycles. The van der Waals surface area contributed by atoms with Crippen LogP contribution in [0.3, 0.4) is 0 Å². The van der Waals surface area contributed by atoms with Crippen molar-refractivity contribution in [3.05, 3.63) is 11.6 Å². The number of hydrogen-bond donors (Lipinski definition) is 1. The molecule has 1 aliphatic heterocycles. The zero-order valence-electron chi connectivity index (χ0n) is 9.15. The largest absolute Gasteiger partial charge is 0.385 e. The molecule has 84 valence electrons. The van der Waals surface area contributed by atoms with Crippen LogP contribution >= 0.6 is 0 Å². The Morgan fingerprint density at radius 3 is 3.20 bits per heavy atom. The number of methoxy groups -OCH3 is 1. The van der Waals surface area contributed by atoms with Crippen LogP contribution in [0.4, 0.5) is 0 Å². The molecule has 1 aromatic rings. The molecule has 0 amide bonds. The lowest BCUT2D eigenvalue weighted by molar-refractivity contribution is 0.190. The number of rotatable bonds is 5. The molecule has 2 N–H and O–H groups in total. The molecular formula is C10H18N4O. The molecule has 2 heterocycles. The molecule has 0 aromatic carbocycles. The topological polar surface area (TPSA) is 66.0 Å². The number of aromatic nitrogens is 3. The van der Waals surface area contributed by atoms with Gasteiger partial charge in [-0.1, -0.05) is 0 Å². The van der Waals surface area contributed by atoms with Gasteiger partial charge in [-0.25, -0.2) is 0 Å². The predicted molar refractivity (Wildman–Crippen MR) is 56.4 cm³/mol. The monoisotopic (exact) mass is 210 g/mol. The van der Waals surface area contributed by atoms with Crippen molar-refractivity contribution in [2.75, 3.05) is 13.7 Å². The van der Waals surface area contributed by atoms with Crippen molar-refractivity contribution >= 4 is 0 Å². The maximum atomic E-state index is 6.07. The van der Waals surface area contributed by atoms with E-state index < -0.39 is 0 Å². The lowest BCUT2D eigenvalue weighted by Crippen LogP contribution is -2.16. The SMILES string of the molecule is COCCCC(N)c1nnc2n1CCC2. The van der Waals surface area contributed by atoms with Crippen molar-refractivity contribution in [3.63, 3.8) is 0 Å². The van der Waals surface area contributed by atoms with E-state index in [1.165, 1.54) is 6.42 Å².